The molecule has 0 unspecified atom stereocenters. The standard InChI is InChI=1S/C12H16N2O5S/c1-8-5-6-10(11(15)13-8)20(17,18)14-7-3-4-9(14)12(16)19-2/h5-6,9H,3-4,7H2,1-2H3,(H,13,15)/t9-/m0/s1. The van der Waals surface area contributed by atoms with Crippen molar-refractivity contribution >= 4 is 16.0 Å². The summed E-state index contributed by atoms with van der Waals surface area (Å²) in [6.07, 6.45) is 0.957. The first-order chi connectivity index (χ1) is 9.37. The number of nitrogens with one attached hydrogen (secondary N) is 1. The Morgan fingerprint density at radius 2 is 2.15 bits per heavy atom. The molecule has 110 valence electrons. The van der Waals surface area contributed by atoms with Gasteiger partial charge in [0.05, 0.1) is 7.11 Å². The van der Waals surface area contributed by atoms with E-state index in [1.807, 2.05) is 0 Å². The van der Waals surface area contributed by atoms with Crippen LogP contribution in [0.25, 0.3) is 0 Å². The minimum Gasteiger partial charge on any atom is -0.468 e. The normalized spacial score (nSPS) is 20.0. The second-order valence-corrected chi connectivity index (χ2v) is 6.49. The van der Waals surface area contributed by atoms with E-state index in [0.29, 0.717) is 18.5 Å². The lowest BCUT2D eigenvalue weighted by Gasteiger charge is -2.21. The van der Waals surface area contributed by atoms with Crippen LogP contribution < -0.4 is 5.56 Å². The molecule has 2 heterocycles. The second kappa shape index (κ2) is 5.37. The highest BCUT2D eigenvalue weighted by molar-refractivity contribution is 7.89. The highest BCUT2D eigenvalue weighted by atomic mass is 32.2. The topological polar surface area (TPSA) is 96.5 Å². The Balaban J connectivity index is 2.44. The van der Waals surface area contributed by atoms with Gasteiger partial charge < -0.3 is 9.72 Å². The predicted octanol–water partition coefficient (Wildman–Crippen LogP) is 0.00942. The largest absolute Gasteiger partial charge is 0.468 e. The van der Waals surface area contributed by atoms with Crippen molar-refractivity contribution in [3.05, 3.63) is 28.2 Å². The number of methoxy groups -OCH3 is 1. The first-order valence-corrected chi connectivity index (χ1v) is 7.61. The zero-order chi connectivity index (χ0) is 14.9. The number of hydrogen-bond donors (Lipinski definition) is 1. The van der Waals surface area contributed by atoms with Crippen molar-refractivity contribution in [2.75, 3.05) is 13.7 Å². The Bertz CT molecular complexity index is 679. The molecule has 1 aromatic rings. The monoisotopic (exact) mass is 300 g/mol. The van der Waals surface area contributed by atoms with E-state index in [1.54, 1.807) is 6.92 Å². The first kappa shape index (κ1) is 14.7. The molecule has 1 N–H and O–H groups in total. The van der Waals surface area contributed by atoms with E-state index in [9.17, 15) is 18.0 Å². The van der Waals surface area contributed by atoms with E-state index in [1.165, 1.54) is 19.2 Å². The van der Waals surface area contributed by atoms with Crippen LogP contribution in [0.5, 0.6) is 0 Å². The van der Waals surface area contributed by atoms with Crippen LogP contribution in [0.15, 0.2) is 21.8 Å². The van der Waals surface area contributed by atoms with Crippen molar-refractivity contribution in [2.45, 2.75) is 30.7 Å². The molecule has 0 saturated carbocycles. The summed E-state index contributed by atoms with van der Waals surface area (Å²) in [5.41, 5.74) is -0.111. The smallest absolute Gasteiger partial charge is 0.324 e. The van der Waals surface area contributed by atoms with Gasteiger partial charge in [-0.3, -0.25) is 9.59 Å². The summed E-state index contributed by atoms with van der Waals surface area (Å²) < 4.78 is 30.6. The van der Waals surface area contributed by atoms with Crippen molar-refractivity contribution in [1.29, 1.82) is 0 Å². The third-order valence-corrected chi connectivity index (χ3v) is 5.21. The quantitative estimate of drug-likeness (QED) is 0.793. The highest BCUT2D eigenvalue weighted by Gasteiger charge is 2.41. The maximum Gasteiger partial charge on any atom is 0.324 e. The van der Waals surface area contributed by atoms with Gasteiger partial charge in [0.15, 0.2) is 0 Å². The highest BCUT2D eigenvalue weighted by Crippen LogP contribution is 2.25. The fraction of sp³-hybridized carbons (Fsp3) is 0.500. The molecule has 0 aromatic carbocycles. The van der Waals surface area contributed by atoms with E-state index < -0.39 is 27.6 Å². The molecule has 1 atom stereocenters. The van der Waals surface area contributed by atoms with Crippen molar-refractivity contribution in [1.82, 2.24) is 9.29 Å². The summed E-state index contributed by atoms with van der Waals surface area (Å²) in [6.45, 7) is 1.86. The number of ether oxygens (including phenoxy) is 1. The molecular formula is C12H16N2O5S. The fourth-order valence-corrected chi connectivity index (χ4v) is 3.96. The molecule has 1 aliphatic rings. The lowest BCUT2D eigenvalue weighted by molar-refractivity contribution is -0.144. The average molecular weight is 300 g/mol. The van der Waals surface area contributed by atoms with Crippen LogP contribution in [-0.2, 0) is 19.6 Å². The molecule has 0 radical (unpaired) electrons. The van der Waals surface area contributed by atoms with E-state index in [4.69, 9.17) is 0 Å². The molecule has 0 bridgehead atoms. The molecule has 0 amide bonds. The molecule has 2 rings (SSSR count). The zero-order valence-electron chi connectivity index (χ0n) is 11.3. The van der Waals surface area contributed by atoms with E-state index >= 15 is 0 Å². The van der Waals surface area contributed by atoms with Gasteiger partial charge in [0.2, 0.25) is 10.0 Å². The van der Waals surface area contributed by atoms with Gasteiger partial charge in [0, 0.05) is 12.2 Å². The Hall–Kier alpha value is -1.67. The summed E-state index contributed by atoms with van der Waals surface area (Å²) in [6, 6.07) is 1.92. The van der Waals surface area contributed by atoms with Crippen LogP contribution in [0.3, 0.4) is 0 Å². The third-order valence-electron chi connectivity index (χ3n) is 3.28. The Morgan fingerprint density at radius 1 is 1.45 bits per heavy atom. The van der Waals surface area contributed by atoms with E-state index in [2.05, 4.69) is 9.72 Å². The number of carbonyl (C=O) groups excluding carboxylic acids is 1. The van der Waals surface area contributed by atoms with Crippen LogP contribution in [0.2, 0.25) is 0 Å². The summed E-state index contributed by atoms with van der Waals surface area (Å²) >= 11 is 0. The summed E-state index contributed by atoms with van der Waals surface area (Å²) in [5, 5.41) is 0. The van der Waals surface area contributed by atoms with Gasteiger partial charge in [-0.05, 0) is 31.9 Å². The maximum absolute atomic E-state index is 12.5. The number of carbonyl (C=O) groups is 1. The minimum absolute atomic E-state index is 0.204. The molecule has 8 heteroatoms. The lowest BCUT2D eigenvalue weighted by Crippen LogP contribution is -2.42. The van der Waals surface area contributed by atoms with Gasteiger partial charge in [0.1, 0.15) is 10.9 Å². The van der Waals surface area contributed by atoms with Crippen molar-refractivity contribution in [2.24, 2.45) is 0 Å². The van der Waals surface area contributed by atoms with Crippen LogP contribution in [0, 0.1) is 6.92 Å². The molecule has 1 saturated heterocycles. The first-order valence-electron chi connectivity index (χ1n) is 6.17. The number of pyridine rings is 1. The molecule has 1 aromatic heterocycles. The Labute approximate surface area is 116 Å². The number of nitrogens with zero attached hydrogens (tertiary/aromatic N) is 1. The molecule has 20 heavy (non-hydrogen) atoms. The predicted molar refractivity (Wildman–Crippen MR) is 70.7 cm³/mol. The molecule has 0 spiro atoms. The second-order valence-electron chi connectivity index (χ2n) is 4.63. The molecule has 1 aliphatic heterocycles. The van der Waals surface area contributed by atoms with Crippen LogP contribution in [0.4, 0.5) is 0 Å². The molecular weight excluding hydrogens is 284 g/mol. The number of sulfonamides is 1. The van der Waals surface area contributed by atoms with Crippen molar-refractivity contribution in [3.8, 4) is 0 Å². The number of rotatable bonds is 3. The third kappa shape index (κ3) is 2.48. The lowest BCUT2D eigenvalue weighted by atomic mass is 10.2. The number of hydrogen-bond acceptors (Lipinski definition) is 5. The average Bonchev–Trinajstić information content (AvgIpc) is 2.87. The van der Waals surface area contributed by atoms with Gasteiger partial charge >= 0.3 is 5.97 Å². The van der Waals surface area contributed by atoms with E-state index in [-0.39, 0.29) is 11.4 Å². The molecule has 7 nitrogen and oxygen atoms in total. The number of H-pyrrole nitrogens is 1. The van der Waals surface area contributed by atoms with Gasteiger partial charge in [-0.25, -0.2) is 8.42 Å². The summed E-state index contributed by atoms with van der Waals surface area (Å²) in [4.78, 5) is 25.5. The number of aryl methyl sites for hydroxylation is 1. The van der Waals surface area contributed by atoms with Gasteiger partial charge in [-0.2, -0.15) is 4.31 Å². The summed E-state index contributed by atoms with van der Waals surface area (Å²) in [7, 11) is -2.79. The fourth-order valence-electron chi connectivity index (χ4n) is 2.29. The van der Waals surface area contributed by atoms with Crippen LogP contribution >= 0.6 is 0 Å². The van der Waals surface area contributed by atoms with Crippen LogP contribution in [-0.4, -0.2) is 43.4 Å². The number of aromatic amines is 1. The molecule has 1 fully saturated rings. The maximum atomic E-state index is 12.5. The van der Waals surface area contributed by atoms with Crippen molar-refractivity contribution < 1.29 is 17.9 Å². The van der Waals surface area contributed by atoms with Gasteiger partial charge in [-0.1, -0.05) is 0 Å². The van der Waals surface area contributed by atoms with Crippen molar-refractivity contribution in [3.63, 3.8) is 0 Å². The minimum atomic E-state index is -4.00. The van der Waals surface area contributed by atoms with E-state index in [0.717, 1.165) is 4.31 Å². The van der Waals surface area contributed by atoms with Gasteiger partial charge in [-0.15, -0.1) is 0 Å². The summed E-state index contributed by atoms with van der Waals surface area (Å²) in [5.74, 6) is -0.602. The Morgan fingerprint density at radius 3 is 2.75 bits per heavy atom. The number of aromatic nitrogens is 1. The number of esters is 1. The van der Waals surface area contributed by atoms with Gasteiger partial charge in [0.25, 0.3) is 5.56 Å². The SMILES string of the molecule is COC(=O)[C@@H]1CCCN1S(=O)(=O)c1ccc(C)[nH]c1=O. The Kier molecular flexibility index (Phi) is 3.96. The molecule has 0 aliphatic carbocycles. The van der Waals surface area contributed by atoms with Crippen LogP contribution in [0.1, 0.15) is 18.5 Å². The zero-order valence-corrected chi connectivity index (χ0v) is 12.1.